The van der Waals surface area contributed by atoms with Crippen molar-refractivity contribution in [3.63, 3.8) is 0 Å². The van der Waals surface area contributed by atoms with Gasteiger partial charge in [0.25, 0.3) is 0 Å². The number of benzene rings is 1. The summed E-state index contributed by atoms with van der Waals surface area (Å²) in [5, 5.41) is 24.2. The number of nitrogens with zero attached hydrogens (tertiary/aromatic N) is 2. The molecule has 0 saturated carbocycles. The Balaban J connectivity index is 3.47. The van der Waals surface area contributed by atoms with Gasteiger partial charge in [0.15, 0.2) is 5.84 Å². The van der Waals surface area contributed by atoms with Gasteiger partial charge in [-0.05, 0) is 31.1 Å². The molecule has 0 aromatic heterocycles. The molecule has 0 unspecified atom stereocenters. The second-order valence-electron chi connectivity index (χ2n) is 4.51. The average Bonchev–Trinajstić information content (AvgIpc) is 2.50. The van der Waals surface area contributed by atoms with Crippen molar-refractivity contribution in [1.29, 1.82) is 0 Å². The summed E-state index contributed by atoms with van der Waals surface area (Å²) in [5.74, 6) is 0.454. The zero-order chi connectivity index (χ0) is 16.7. The van der Waals surface area contributed by atoms with Crippen molar-refractivity contribution in [3.8, 4) is 11.5 Å². The fourth-order valence-corrected chi connectivity index (χ4v) is 2.11. The molecule has 0 aliphatic heterocycles. The molecular formula is C16H21N3O2S. The Morgan fingerprint density at radius 2 is 2.09 bits per heavy atom. The van der Waals surface area contributed by atoms with Gasteiger partial charge >= 0.3 is 0 Å². The number of hydrogen-bond donors (Lipinski definition) is 3. The molecule has 0 amide bonds. The number of hydrogen-bond acceptors (Lipinski definition) is 4. The number of aryl methyl sites for hydroxylation is 1. The molecule has 0 radical (unpaired) electrons. The number of nitrogens with one attached hydrogen (secondary N) is 1. The lowest BCUT2D eigenvalue weighted by atomic mass is 10.0. The van der Waals surface area contributed by atoms with Crippen molar-refractivity contribution in [2.75, 3.05) is 7.05 Å². The van der Waals surface area contributed by atoms with E-state index < -0.39 is 0 Å². The number of phenols is 2. The highest BCUT2D eigenvalue weighted by atomic mass is 32.1. The Bertz CT molecular complexity index is 624. The zero-order valence-corrected chi connectivity index (χ0v) is 13.8. The first-order valence-corrected chi connectivity index (χ1v) is 7.31. The third-order valence-electron chi connectivity index (χ3n) is 3.25. The van der Waals surface area contributed by atoms with Crippen LogP contribution in [0.2, 0.25) is 0 Å². The second kappa shape index (κ2) is 8.19. The number of amidine groups is 1. The lowest BCUT2D eigenvalue weighted by Gasteiger charge is -2.23. The molecule has 6 heteroatoms. The zero-order valence-electron chi connectivity index (χ0n) is 13.0. The van der Waals surface area contributed by atoms with Crippen LogP contribution in [0.3, 0.4) is 0 Å². The molecule has 1 rings (SSSR count). The van der Waals surface area contributed by atoms with Crippen LogP contribution in [0, 0.1) is 0 Å². The second-order valence-corrected chi connectivity index (χ2v) is 4.75. The highest BCUT2D eigenvalue weighted by Crippen LogP contribution is 2.29. The lowest BCUT2D eigenvalue weighted by molar-refractivity contribution is 0.444. The Hall–Kier alpha value is -2.34. The summed E-state index contributed by atoms with van der Waals surface area (Å²) in [6, 6.07) is 3.03. The average molecular weight is 319 g/mol. The van der Waals surface area contributed by atoms with Gasteiger partial charge in [-0.15, -0.1) is 0 Å². The van der Waals surface area contributed by atoms with E-state index in [2.05, 4.69) is 17.1 Å². The van der Waals surface area contributed by atoms with E-state index in [1.807, 2.05) is 19.9 Å². The van der Waals surface area contributed by atoms with E-state index in [9.17, 15) is 10.2 Å². The predicted molar refractivity (Wildman–Crippen MR) is 94.2 cm³/mol. The highest BCUT2D eigenvalue weighted by molar-refractivity contribution is 7.78. The molecule has 22 heavy (non-hydrogen) atoms. The van der Waals surface area contributed by atoms with E-state index >= 15 is 0 Å². The van der Waals surface area contributed by atoms with Crippen LogP contribution >= 0.6 is 12.2 Å². The number of likely N-dealkylation sites (N-methyl/N-ethyl adjacent to an activating group) is 1. The van der Waals surface area contributed by atoms with E-state index in [4.69, 9.17) is 12.2 Å². The van der Waals surface area contributed by atoms with Gasteiger partial charge in [0.2, 0.25) is 0 Å². The van der Waals surface area contributed by atoms with Gasteiger partial charge in [-0.3, -0.25) is 5.43 Å². The summed E-state index contributed by atoms with van der Waals surface area (Å²) in [6.45, 7) is 7.57. The van der Waals surface area contributed by atoms with Crippen LogP contribution < -0.4 is 5.43 Å². The van der Waals surface area contributed by atoms with Crippen LogP contribution in [0.1, 0.15) is 25.0 Å². The van der Waals surface area contributed by atoms with Gasteiger partial charge in [-0.2, -0.15) is 5.10 Å². The minimum absolute atomic E-state index is 0.0588. The van der Waals surface area contributed by atoms with Crippen molar-refractivity contribution < 1.29 is 10.2 Å². The molecular weight excluding hydrogens is 298 g/mol. The van der Waals surface area contributed by atoms with Gasteiger partial charge in [0.05, 0.1) is 11.1 Å². The Morgan fingerprint density at radius 1 is 1.41 bits per heavy atom. The van der Waals surface area contributed by atoms with Crippen LogP contribution in [0.4, 0.5) is 0 Å². The maximum Gasteiger partial charge on any atom is 0.164 e. The van der Waals surface area contributed by atoms with Crippen LogP contribution in [-0.4, -0.2) is 33.5 Å². The van der Waals surface area contributed by atoms with Crippen LogP contribution in [0.15, 0.2) is 41.7 Å². The minimum atomic E-state index is -0.0639. The summed E-state index contributed by atoms with van der Waals surface area (Å²) >= 11 is 4.73. The molecule has 0 bridgehead atoms. The van der Waals surface area contributed by atoms with Crippen molar-refractivity contribution in [1.82, 2.24) is 10.3 Å². The van der Waals surface area contributed by atoms with E-state index in [1.54, 1.807) is 24.1 Å². The quantitative estimate of drug-likeness (QED) is 0.247. The molecule has 1 aromatic carbocycles. The third-order valence-corrected chi connectivity index (χ3v) is 3.36. The molecule has 1 aromatic rings. The normalized spacial score (nSPS) is 12.0. The number of phenolic OH excluding ortho intramolecular Hbond substituents is 2. The van der Waals surface area contributed by atoms with Gasteiger partial charge in [-0.25, -0.2) is 0 Å². The van der Waals surface area contributed by atoms with Gasteiger partial charge in [0, 0.05) is 18.8 Å². The van der Waals surface area contributed by atoms with E-state index in [1.165, 1.54) is 11.6 Å². The van der Waals surface area contributed by atoms with E-state index in [0.717, 1.165) is 11.3 Å². The SMILES string of the molecule is C=C/C(=C\C)N(C)/C(=N\NC=S)c1cc(CC)c(O)cc1O. The fourth-order valence-electron chi connectivity index (χ4n) is 2.06. The Labute approximate surface area is 136 Å². The van der Waals surface area contributed by atoms with Crippen molar-refractivity contribution in [2.24, 2.45) is 5.10 Å². The Kier molecular flexibility index (Phi) is 6.59. The summed E-state index contributed by atoms with van der Waals surface area (Å²) in [6.07, 6.45) is 4.19. The van der Waals surface area contributed by atoms with Crippen molar-refractivity contribution in [2.45, 2.75) is 20.3 Å². The fraction of sp³-hybridized carbons (Fsp3) is 0.250. The third kappa shape index (κ3) is 3.85. The highest BCUT2D eigenvalue weighted by Gasteiger charge is 2.18. The first-order valence-electron chi connectivity index (χ1n) is 6.84. The first kappa shape index (κ1) is 17.7. The molecule has 118 valence electrons. The predicted octanol–water partition coefficient (Wildman–Crippen LogP) is 2.89. The lowest BCUT2D eigenvalue weighted by Crippen LogP contribution is -2.28. The Morgan fingerprint density at radius 3 is 2.59 bits per heavy atom. The smallest absolute Gasteiger partial charge is 0.164 e. The van der Waals surface area contributed by atoms with Crippen molar-refractivity contribution in [3.05, 3.63) is 47.7 Å². The van der Waals surface area contributed by atoms with Crippen LogP contribution in [0.25, 0.3) is 0 Å². The van der Waals surface area contributed by atoms with E-state index in [-0.39, 0.29) is 11.5 Å². The molecule has 0 atom stereocenters. The number of aromatic hydroxyl groups is 2. The minimum Gasteiger partial charge on any atom is -0.508 e. The molecule has 0 saturated heterocycles. The molecule has 0 aliphatic carbocycles. The monoisotopic (exact) mass is 319 g/mol. The molecule has 5 nitrogen and oxygen atoms in total. The summed E-state index contributed by atoms with van der Waals surface area (Å²) in [4.78, 5) is 1.77. The standard InChI is InChI=1S/C16H21N3O2S/c1-5-11-8-13(15(21)9-14(11)20)16(18-17-10-22)19(4)12(6-2)7-3/h6-10,20-21H,2,5H2,1,3-4H3,(H,17,22)/b12-7+,18-16-. The van der Waals surface area contributed by atoms with Gasteiger partial charge < -0.3 is 15.1 Å². The maximum atomic E-state index is 10.2. The molecule has 3 N–H and O–H groups in total. The van der Waals surface area contributed by atoms with Crippen LogP contribution in [0.5, 0.6) is 11.5 Å². The number of thiocarbonyl (C=S) groups is 1. The summed E-state index contributed by atoms with van der Waals surface area (Å²) in [7, 11) is 1.80. The largest absolute Gasteiger partial charge is 0.508 e. The molecule has 0 aliphatic rings. The van der Waals surface area contributed by atoms with Crippen molar-refractivity contribution >= 4 is 23.5 Å². The molecule has 0 fully saturated rings. The van der Waals surface area contributed by atoms with E-state index in [0.29, 0.717) is 17.8 Å². The molecule has 0 spiro atoms. The number of hydrazone groups is 1. The van der Waals surface area contributed by atoms with Gasteiger partial charge in [0.1, 0.15) is 11.5 Å². The first-order chi connectivity index (χ1) is 10.5. The summed E-state index contributed by atoms with van der Waals surface area (Å²) in [5.41, 5.74) is 5.91. The maximum absolute atomic E-state index is 10.2. The molecule has 0 heterocycles. The van der Waals surface area contributed by atoms with Crippen LogP contribution in [-0.2, 0) is 6.42 Å². The topological polar surface area (TPSA) is 68.1 Å². The number of allylic oxidation sites excluding steroid dienone is 2. The number of rotatable bonds is 6. The van der Waals surface area contributed by atoms with Gasteiger partial charge in [-0.1, -0.05) is 31.8 Å². The summed E-state index contributed by atoms with van der Waals surface area (Å²) < 4.78 is 0.